The topological polar surface area (TPSA) is 36.3 Å². The minimum Gasteiger partial charge on any atom is -0.493 e. The second kappa shape index (κ2) is 4.00. The van der Waals surface area contributed by atoms with Crippen molar-refractivity contribution in [3.63, 3.8) is 0 Å². The average Bonchev–Trinajstić information content (AvgIpc) is 2.99. The number of benzene rings is 1. The van der Waals surface area contributed by atoms with Crippen molar-refractivity contribution in [2.45, 2.75) is 25.3 Å². The first kappa shape index (κ1) is 11.6. The van der Waals surface area contributed by atoms with Crippen molar-refractivity contribution >= 4 is 0 Å². The molecule has 3 heteroatoms. The highest BCUT2D eigenvalue weighted by Gasteiger charge is 2.51. The number of nitrogens with zero attached hydrogens (tertiary/aromatic N) is 2. The number of hydrogen-bond donors (Lipinski definition) is 0. The number of hydrogen-bond acceptors (Lipinski definition) is 3. The second-order valence-corrected chi connectivity index (χ2v) is 5.60. The number of fused-ring (bicyclic) bond motifs is 1. The summed E-state index contributed by atoms with van der Waals surface area (Å²) >= 11 is 0. The Morgan fingerprint density at radius 3 is 2.78 bits per heavy atom. The van der Waals surface area contributed by atoms with E-state index in [1.165, 1.54) is 11.1 Å². The third-order valence-corrected chi connectivity index (χ3v) is 4.08. The number of rotatable bonds is 3. The van der Waals surface area contributed by atoms with Crippen molar-refractivity contribution in [2.75, 3.05) is 20.7 Å². The van der Waals surface area contributed by atoms with Gasteiger partial charge in [0.15, 0.2) is 0 Å². The highest BCUT2D eigenvalue weighted by atomic mass is 16.5. The first-order valence-corrected chi connectivity index (χ1v) is 6.50. The molecule has 1 aromatic carbocycles. The lowest BCUT2D eigenvalue weighted by atomic mass is 9.89. The fourth-order valence-electron chi connectivity index (χ4n) is 3.07. The van der Waals surface area contributed by atoms with Crippen molar-refractivity contribution in [1.29, 1.82) is 5.26 Å². The molecule has 1 aromatic rings. The van der Waals surface area contributed by atoms with Crippen molar-refractivity contribution in [2.24, 2.45) is 5.41 Å². The molecule has 0 amide bonds. The fraction of sp³-hybridized carbons (Fsp3) is 0.533. The van der Waals surface area contributed by atoms with Gasteiger partial charge in [-0.3, -0.25) is 0 Å². The predicted octanol–water partition coefficient (Wildman–Crippen LogP) is 2.53. The summed E-state index contributed by atoms with van der Waals surface area (Å²) in [5.41, 5.74) is 2.37. The average molecular weight is 242 g/mol. The Hall–Kier alpha value is -1.53. The smallest absolute Gasteiger partial charge is 0.122 e. The van der Waals surface area contributed by atoms with Gasteiger partial charge in [0.1, 0.15) is 5.75 Å². The lowest BCUT2D eigenvalue weighted by molar-refractivity contribution is 0.232. The van der Waals surface area contributed by atoms with E-state index in [-0.39, 0.29) is 11.5 Å². The van der Waals surface area contributed by atoms with Crippen LogP contribution in [0.25, 0.3) is 0 Å². The predicted molar refractivity (Wildman–Crippen MR) is 69.3 cm³/mol. The third kappa shape index (κ3) is 1.69. The van der Waals surface area contributed by atoms with Crippen LogP contribution in [0.2, 0.25) is 0 Å². The maximum Gasteiger partial charge on any atom is 0.122 e. The third-order valence-electron chi connectivity index (χ3n) is 4.08. The first-order valence-electron chi connectivity index (χ1n) is 6.50. The number of nitriles is 1. The molecular formula is C15H18N2O. The SMILES string of the molecule is CN(C)C(c1ccc2c(c1)CCO2)C1(C#N)CC1. The van der Waals surface area contributed by atoms with E-state index in [4.69, 9.17) is 4.74 Å². The highest BCUT2D eigenvalue weighted by Crippen LogP contribution is 2.56. The van der Waals surface area contributed by atoms with Crippen molar-refractivity contribution in [1.82, 2.24) is 4.90 Å². The van der Waals surface area contributed by atoms with Gasteiger partial charge in [-0.05, 0) is 44.1 Å². The van der Waals surface area contributed by atoms with E-state index in [0.29, 0.717) is 0 Å². The molecule has 1 atom stereocenters. The molecule has 3 rings (SSSR count). The molecule has 0 aromatic heterocycles. The van der Waals surface area contributed by atoms with Crippen LogP contribution < -0.4 is 4.74 Å². The molecule has 1 fully saturated rings. The van der Waals surface area contributed by atoms with Crippen molar-refractivity contribution in [3.8, 4) is 11.8 Å². The molecule has 3 nitrogen and oxygen atoms in total. The van der Waals surface area contributed by atoms with Gasteiger partial charge in [-0.2, -0.15) is 5.26 Å². The van der Waals surface area contributed by atoms with Gasteiger partial charge in [0.05, 0.1) is 24.1 Å². The summed E-state index contributed by atoms with van der Waals surface area (Å²) in [5, 5.41) is 9.43. The lowest BCUT2D eigenvalue weighted by Crippen LogP contribution is -2.28. The Bertz CT molecular complexity index is 512. The minimum absolute atomic E-state index is 0.169. The molecule has 0 spiro atoms. The molecule has 18 heavy (non-hydrogen) atoms. The molecule has 1 saturated carbocycles. The molecule has 94 valence electrons. The molecule has 1 unspecified atom stereocenters. The molecule has 1 aliphatic heterocycles. The normalized spacial score (nSPS) is 21.0. The van der Waals surface area contributed by atoms with Crippen LogP contribution >= 0.6 is 0 Å². The number of ether oxygens (including phenoxy) is 1. The summed E-state index contributed by atoms with van der Waals surface area (Å²) in [6, 6.07) is 9.13. The van der Waals surface area contributed by atoms with Gasteiger partial charge in [0, 0.05) is 6.42 Å². The summed E-state index contributed by atoms with van der Waals surface area (Å²) in [6.07, 6.45) is 3.02. The Morgan fingerprint density at radius 2 is 2.17 bits per heavy atom. The summed E-state index contributed by atoms with van der Waals surface area (Å²) in [4.78, 5) is 2.17. The van der Waals surface area contributed by atoms with Crippen LogP contribution in [0.3, 0.4) is 0 Å². The van der Waals surface area contributed by atoms with E-state index >= 15 is 0 Å². The minimum atomic E-state index is -0.169. The Labute approximate surface area is 108 Å². The molecule has 0 saturated heterocycles. The van der Waals surface area contributed by atoms with Crippen molar-refractivity contribution in [3.05, 3.63) is 29.3 Å². The van der Waals surface area contributed by atoms with Gasteiger partial charge in [-0.1, -0.05) is 12.1 Å². The zero-order valence-electron chi connectivity index (χ0n) is 10.9. The van der Waals surface area contributed by atoms with Gasteiger partial charge in [0.2, 0.25) is 0 Å². The molecule has 0 radical (unpaired) electrons. The van der Waals surface area contributed by atoms with E-state index in [0.717, 1.165) is 31.6 Å². The van der Waals surface area contributed by atoms with E-state index < -0.39 is 0 Å². The molecular weight excluding hydrogens is 224 g/mol. The quantitative estimate of drug-likeness (QED) is 0.817. The van der Waals surface area contributed by atoms with Crippen LogP contribution in [0.5, 0.6) is 5.75 Å². The van der Waals surface area contributed by atoms with E-state index in [2.05, 4.69) is 43.3 Å². The van der Waals surface area contributed by atoms with E-state index in [1.807, 2.05) is 0 Å². The van der Waals surface area contributed by atoms with Crippen LogP contribution in [0, 0.1) is 16.7 Å². The molecule has 1 aliphatic carbocycles. The molecule has 1 heterocycles. The Balaban J connectivity index is 1.99. The van der Waals surface area contributed by atoms with Crippen LogP contribution in [-0.4, -0.2) is 25.6 Å². The van der Waals surface area contributed by atoms with Gasteiger partial charge >= 0.3 is 0 Å². The molecule has 2 aliphatic rings. The Kier molecular flexibility index (Phi) is 2.57. The molecule has 0 N–H and O–H groups in total. The van der Waals surface area contributed by atoms with Gasteiger partial charge in [0.25, 0.3) is 0 Å². The van der Waals surface area contributed by atoms with Gasteiger partial charge in [-0.25, -0.2) is 0 Å². The van der Waals surface area contributed by atoms with Gasteiger partial charge < -0.3 is 9.64 Å². The highest BCUT2D eigenvalue weighted by molar-refractivity contribution is 5.42. The standard InChI is InChI=1S/C15H18N2O/c1-17(2)14(15(10-16)6-7-15)12-3-4-13-11(9-12)5-8-18-13/h3-4,9,14H,5-8H2,1-2H3. The van der Waals surface area contributed by atoms with Gasteiger partial charge in [-0.15, -0.1) is 0 Å². The lowest BCUT2D eigenvalue weighted by Gasteiger charge is -2.29. The van der Waals surface area contributed by atoms with Crippen LogP contribution in [-0.2, 0) is 6.42 Å². The summed E-state index contributed by atoms with van der Waals surface area (Å²) in [6.45, 7) is 0.787. The van der Waals surface area contributed by atoms with Crippen molar-refractivity contribution < 1.29 is 4.74 Å². The fourth-order valence-corrected chi connectivity index (χ4v) is 3.07. The van der Waals surface area contributed by atoms with E-state index in [9.17, 15) is 5.26 Å². The zero-order chi connectivity index (χ0) is 12.8. The Morgan fingerprint density at radius 1 is 1.39 bits per heavy atom. The van der Waals surface area contributed by atoms with Crippen LogP contribution in [0.1, 0.15) is 30.0 Å². The largest absolute Gasteiger partial charge is 0.493 e. The monoisotopic (exact) mass is 242 g/mol. The summed E-state index contributed by atoms with van der Waals surface area (Å²) in [7, 11) is 4.12. The van der Waals surface area contributed by atoms with Crippen LogP contribution in [0.4, 0.5) is 0 Å². The zero-order valence-corrected chi connectivity index (χ0v) is 10.9. The van der Waals surface area contributed by atoms with Crippen LogP contribution in [0.15, 0.2) is 18.2 Å². The second-order valence-electron chi connectivity index (χ2n) is 5.60. The van der Waals surface area contributed by atoms with E-state index in [1.54, 1.807) is 0 Å². The molecule has 0 bridgehead atoms. The maximum absolute atomic E-state index is 9.43. The first-order chi connectivity index (χ1) is 8.66. The summed E-state index contributed by atoms with van der Waals surface area (Å²) < 4.78 is 5.54. The maximum atomic E-state index is 9.43. The summed E-state index contributed by atoms with van der Waals surface area (Å²) in [5.74, 6) is 1.01.